The number of carbonyl (C=O) groups is 1. The summed E-state index contributed by atoms with van der Waals surface area (Å²) in [5.74, 6) is -1.02. The normalized spacial score (nSPS) is 11.4. The molecule has 0 radical (unpaired) electrons. The van der Waals surface area contributed by atoms with Gasteiger partial charge in [-0.2, -0.15) is 5.10 Å². The van der Waals surface area contributed by atoms with Gasteiger partial charge in [0.2, 0.25) is 0 Å². The molecule has 96 valence electrons. The molecule has 2 aromatic carbocycles. The average molecular weight is 263 g/mol. The number of carboxylic acid groups (broad SMARTS) is 1. The fourth-order valence-corrected chi connectivity index (χ4v) is 2.52. The molecule has 1 N–H and O–H groups in total. The van der Waals surface area contributed by atoms with E-state index < -0.39 is 5.97 Å². The van der Waals surface area contributed by atoms with Crippen LogP contribution in [-0.4, -0.2) is 25.7 Å². The fourth-order valence-electron chi connectivity index (χ4n) is 2.52. The smallest absolute Gasteiger partial charge is 0.341 e. The summed E-state index contributed by atoms with van der Waals surface area (Å²) < 4.78 is 1.57. The van der Waals surface area contributed by atoms with Crippen molar-refractivity contribution in [3.8, 4) is 0 Å². The maximum Gasteiger partial charge on any atom is 0.341 e. The number of benzene rings is 2. The van der Waals surface area contributed by atoms with E-state index >= 15 is 0 Å². The van der Waals surface area contributed by atoms with Crippen molar-refractivity contribution in [1.82, 2.24) is 14.6 Å². The van der Waals surface area contributed by atoms with Crippen molar-refractivity contribution in [2.75, 3.05) is 0 Å². The Labute approximate surface area is 113 Å². The van der Waals surface area contributed by atoms with Crippen LogP contribution in [-0.2, 0) is 0 Å². The Morgan fingerprint density at radius 1 is 1.05 bits per heavy atom. The minimum Gasteiger partial charge on any atom is -0.477 e. The zero-order chi connectivity index (χ0) is 13.7. The van der Waals surface area contributed by atoms with E-state index in [2.05, 4.69) is 10.1 Å². The highest BCUT2D eigenvalue weighted by molar-refractivity contribution is 6.07. The van der Waals surface area contributed by atoms with Crippen molar-refractivity contribution in [3.05, 3.63) is 54.4 Å². The second-order valence-corrected chi connectivity index (χ2v) is 4.58. The van der Waals surface area contributed by atoms with Crippen molar-refractivity contribution >= 4 is 33.3 Å². The molecule has 0 atom stereocenters. The molecule has 0 unspecified atom stereocenters. The van der Waals surface area contributed by atoms with E-state index in [9.17, 15) is 4.79 Å². The van der Waals surface area contributed by atoms with Gasteiger partial charge >= 0.3 is 5.97 Å². The summed E-state index contributed by atoms with van der Waals surface area (Å²) in [7, 11) is 0. The molecule has 5 heteroatoms. The molecule has 0 saturated carbocycles. The monoisotopic (exact) mass is 263 g/mol. The topological polar surface area (TPSA) is 67.5 Å². The van der Waals surface area contributed by atoms with Crippen LogP contribution >= 0.6 is 0 Å². The minimum atomic E-state index is -1.02. The lowest BCUT2D eigenvalue weighted by atomic mass is 10.1. The van der Waals surface area contributed by atoms with Gasteiger partial charge in [0.15, 0.2) is 5.65 Å². The van der Waals surface area contributed by atoms with E-state index in [0.29, 0.717) is 5.65 Å². The maximum atomic E-state index is 11.1. The number of aromatic carboxylic acids is 1. The first-order valence-electron chi connectivity index (χ1n) is 6.13. The number of nitrogens with zero attached hydrogens (tertiary/aromatic N) is 3. The molecule has 4 rings (SSSR count). The summed E-state index contributed by atoms with van der Waals surface area (Å²) in [6.45, 7) is 0. The van der Waals surface area contributed by atoms with Crippen LogP contribution < -0.4 is 0 Å². The minimum absolute atomic E-state index is 0.111. The quantitative estimate of drug-likeness (QED) is 0.536. The molecule has 0 aliphatic carbocycles. The number of hydrogen-bond acceptors (Lipinski definition) is 3. The Balaban J connectivity index is 2.21. The van der Waals surface area contributed by atoms with Crippen LogP contribution in [0.2, 0.25) is 0 Å². The SMILES string of the molecule is O=C(O)c1cnn2c1ncc1c3ccccc3ccc12. The predicted molar refractivity (Wildman–Crippen MR) is 75.0 cm³/mol. The van der Waals surface area contributed by atoms with Crippen LogP contribution in [0.5, 0.6) is 0 Å². The van der Waals surface area contributed by atoms with Gasteiger partial charge in [0.25, 0.3) is 0 Å². The van der Waals surface area contributed by atoms with Crippen molar-refractivity contribution in [1.29, 1.82) is 0 Å². The number of hydrogen-bond donors (Lipinski definition) is 1. The Morgan fingerprint density at radius 2 is 1.90 bits per heavy atom. The van der Waals surface area contributed by atoms with Gasteiger partial charge in [-0.05, 0) is 16.8 Å². The standard InChI is InChI=1S/C15H9N3O2/c19-15(20)12-8-17-18-13-6-5-9-3-1-2-4-10(9)11(13)7-16-14(12)18/h1-8H,(H,19,20). The van der Waals surface area contributed by atoms with E-state index in [1.54, 1.807) is 10.7 Å². The number of carboxylic acids is 1. The van der Waals surface area contributed by atoms with Gasteiger partial charge in [0, 0.05) is 11.6 Å². The molecular weight excluding hydrogens is 254 g/mol. The average Bonchev–Trinajstić information content (AvgIpc) is 2.91. The van der Waals surface area contributed by atoms with Crippen LogP contribution in [0.3, 0.4) is 0 Å². The lowest BCUT2D eigenvalue weighted by Crippen LogP contribution is -1.98. The summed E-state index contributed by atoms with van der Waals surface area (Å²) in [5.41, 5.74) is 1.32. The maximum absolute atomic E-state index is 11.1. The van der Waals surface area contributed by atoms with Crippen molar-refractivity contribution < 1.29 is 9.90 Å². The highest BCUT2D eigenvalue weighted by Crippen LogP contribution is 2.25. The third kappa shape index (κ3) is 1.34. The van der Waals surface area contributed by atoms with Gasteiger partial charge in [0.05, 0.1) is 11.7 Å². The Morgan fingerprint density at radius 3 is 2.75 bits per heavy atom. The summed E-state index contributed by atoms with van der Waals surface area (Å²) in [5, 5.41) is 16.4. The van der Waals surface area contributed by atoms with E-state index in [-0.39, 0.29) is 5.56 Å². The molecule has 5 nitrogen and oxygen atoms in total. The molecule has 20 heavy (non-hydrogen) atoms. The second kappa shape index (κ2) is 3.77. The summed E-state index contributed by atoms with van der Waals surface area (Å²) in [4.78, 5) is 15.4. The Bertz CT molecular complexity index is 988. The molecule has 0 aliphatic heterocycles. The zero-order valence-electron chi connectivity index (χ0n) is 10.3. The number of rotatable bonds is 1. The number of fused-ring (bicyclic) bond motifs is 5. The summed E-state index contributed by atoms with van der Waals surface area (Å²) in [6, 6.07) is 11.9. The van der Waals surface area contributed by atoms with E-state index in [4.69, 9.17) is 5.11 Å². The largest absolute Gasteiger partial charge is 0.477 e. The highest BCUT2D eigenvalue weighted by Gasteiger charge is 2.14. The van der Waals surface area contributed by atoms with Gasteiger partial charge in [-0.1, -0.05) is 30.3 Å². The summed E-state index contributed by atoms with van der Waals surface area (Å²) >= 11 is 0. The Kier molecular flexibility index (Phi) is 2.06. The van der Waals surface area contributed by atoms with Crippen molar-refractivity contribution in [3.63, 3.8) is 0 Å². The molecule has 0 saturated heterocycles. The lowest BCUT2D eigenvalue weighted by molar-refractivity contribution is 0.0699. The lowest BCUT2D eigenvalue weighted by Gasteiger charge is -2.05. The fraction of sp³-hybridized carbons (Fsp3) is 0. The molecule has 4 aromatic rings. The number of aromatic nitrogens is 3. The van der Waals surface area contributed by atoms with Crippen LogP contribution in [0, 0.1) is 0 Å². The molecule has 0 bridgehead atoms. The molecule has 2 aromatic heterocycles. The third-order valence-electron chi connectivity index (χ3n) is 3.47. The van der Waals surface area contributed by atoms with Crippen LogP contribution in [0.1, 0.15) is 10.4 Å². The van der Waals surface area contributed by atoms with Gasteiger partial charge in [-0.15, -0.1) is 0 Å². The molecular formula is C15H9N3O2. The molecule has 0 amide bonds. The third-order valence-corrected chi connectivity index (χ3v) is 3.47. The first kappa shape index (κ1) is 10.9. The molecule has 2 heterocycles. The van der Waals surface area contributed by atoms with Gasteiger partial charge in [-0.3, -0.25) is 0 Å². The first-order chi connectivity index (χ1) is 9.75. The zero-order valence-corrected chi connectivity index (χ0v) is 10.3. The predicted octanol–water partition coefficient (Wildman–Crippen LogP) is 2.73. The first-order valence-corrected chi connectivity index (χ1v) is 6.13. The second-order valence-electron chi connectivity index (χ2n) is 4.58. The molecule has 0 fully saturated rings. The van der Waals surface area contributed by atoms with Gasteiger partial charge in [-0.25, -0.2) is 14.3 Å². The van der Waals surface area contributed by atoms with Crippen LogP contribution in [0.15, 0.2) is 48.8 Å². The molecule has 0 aliphatic rings. The summed E-state index contributed by atoms with van der Waals surface area (Å²) in [6.07, 6.45) is 3.04. The van der Waals surface area contributed by atoms with Crippen molar-refractivity contribution in [2.45, 2.75) is 0 Å². The highest BCUT2D eigenvalue weighted by atomic mass is 16.4. The van der Waals surface area contributed by atoms with E-state index in [1.165, 1.54) is 6.20 Å². The van der Waals surface area contributed by atoms with Gasteiger partial charge in [0.1, 0.15) is 5.56 Å². The molecule has 0 spiro atoms. The van der Waals surface area contributed by atoms with Crippen molar-refractivity contribution in [2.24, 2.45) is 0 Å². The van der Waals surface area contributed by atoms with E-state index in [0.717, 1.165) is 21.7 Å². The van der Waals surface area contributed by atoms with Gasteiger partial charge < -0.3 is 5.11 Å². The van der Waals surface area contributed by atoms with Crippen LogP contribution in [0.4, 0.5) is 0 Å². The van der Waals surface area contributed by atoms with E-state index in [1.807, 2.05) is 36.4 Å². The van der Waals surface area contributed by atoms with Crippen LogP contribution in [0.25, 0.3) is 27.3 Å². The Hall–Kier alpha value is -2.95.